The number of hydrogen-bond acceptors (Lipinski definition) is 3. The molecule has 1 aliphatic heterocycles. The van der Waals surface area contributed by atoms with Crippen LogP contribution in [0.2, 0.25) is 0 Å². The van der Waals surface area contributed by atoms with Gasteiger partial charge in [0, 0.05) is 45.3 Å². The zero-order valence-corrected chi connectivity index (χ0v) is 14.5. The summed E-state index contributed by atoms with van der Waals surface area (Å²) in [5, 5.41) is 3.76. The maximum absolute atomic E-state index is 3.76. The fraction of sp³-hybridized carbons (Fsp3) is 1.00. The van der Waals surface area contributed by atoms with E-state index in [1.54, 1.807) is 0 Å². The summed E-state index contributed by atoms with van der Waals surface area (Å²) >= 11 is 0. The van der Waals surface area contributed by atoms with Crippen LogP contribution in [0.25, 0.3) is 0 Å². The summed E-state index contributed by atoms with van der Waals surface area (Å²) in [5.74, 6) is 1.57. The Morgan fingerprint density at radius 3 is 1.90 bits per heavy atom. The topological polar surface area (TPSA) is 18.5 Å². The SMILES string of the molecule is CCCNC(CN1CCN(CC(C)C)CC1)C(C)CC. The monoisotopic (exact) mass is 283 g/mol. The van der Waals surface area contributed by atoms with Crippen LogP contribution >= 0.6 is 0 Å². The Morgan fingerprint density at radius 1 is 0.900 bits per heavy atom. The number of hydrogen-bond donors (Lipinski definition) is 1. The van der Waals surface area contributed by atoms with Gasteiger partial charge in [-0.1, -0.05) is 41.0 Å². The second-order valence-corrected chi connectivity index (χ2v) is 6.94. The molecule has 20 heavy (non-hydrogen) atoms. The Balaban J connectivity index is 2.35. The van der Waals surface area contributed by atoms with Crippen LogP contribution in [0.3, 0.4) is 0 Å². The fourth-order valence-electron chi connectivity index (χ4n) is 3.01. The summed E-state index contributed by atoms with van der Waals surface area (Å²) in [7, 11) is 0. The van der Waals surface area contributed by atoms with Crippen molar-refractivity contribution in [2.75, 3.05) is 45.8 Å². The Bertz CT molecular complexity index is 234. The molecule has 0 aliphatic carbocycles. The highest BCUT2D eigenvalue weighted by Gasteiger charge is 2.22. The van der Waals surface area contributed by atoms with Gasteiger partial charge in [0.2, 0.25) is 0 Å². The fourth-order valence-corrected chi connectivity index (χ4v) is 3.01. The second kappa shape index (κ2) is 9.75. The van der Waals surface area contributed by atoms with E-state index in [4.69, 9.17) is 0 Å². The zero-order chi connectivity index (χ0) is 15.0. The van der Waals surface area contributed by atoms with Gasteiger partial charge in [-0.15, -0.1) is 0 Å². The van der Waals surface area contributed by atoms with Crippen molar-refractivity contribution in [1.29, 1.82) is 0 Å². The molecule has 120 valence electrons. The predicted molar refractivity (Wildman–Crippen MR) is 89.3 cm³/mol. The molecule has 0 amide bonds. The molecule has 1 fully saturated rings. The van der Waals surface area contributed by atoms with Crippen LogP contribution < -0.4 is 5.32 Å². The Kier molecular flexibility index (Phi) is 8.74. The minimum absolute atomic E-state index is 0.664. The maximum atomic E-state index is 3.76. The van der Waals surface area contributed by atoms with Crippen molar-refractivity contribution in [3.63, 3.8) is 0 Å². The molecule has 0 spiro atoms. The van der Waals surface area contributed by atoms with Crippen molar-refractivity contribution in [3.05, 3.63) is 0 Å². The molecule has 1 heterocycles. The van der Waals surface area contributed by atoms with E-state index in [0.29, 0.717) is 6.04 Å². The lowest BCUT2D eigenvalue weighted by atomic mass is 9.98. The summed E-state index contributed by atoms with van der Waals surface area (Å²) in [4.78, 5) is 5.29. The zero-order valence-electron chi connectivity index (χ0n) is 14.5. The van der Waals surface area contributed by atoms with Crippen molar-refractivity contribution in [1.82, 2.24) is 15.1 Å². The van der Waals surface area contributed by atoms with Crippen molar-refractivity contribution >= 4 is 0 Å². The van der Waals surface area contributed by atoms with Crippen LogP contribution in [-0.2, 0) is 0 Å². The number of piperazine rings is 1. The van der Waals surface area contributed by atoms with Gasteiger partial charge in [-0.05, 0) is 24.8 Å². The minimum Gasteiger partial charge on any atom is -0.312 e. The van der Waals surface area contributed by atoms with Gasteiger partial charge in [-0.25, -0.2) is 0 Å². The number of nitrogens with one attached hydrogen (secondary N) is 1. The highest BCUT2D eigenvalue weighted by molar-refractivity contribution is 4.80. The average Bonchev–Trinajstić information content (AvgIpc) is 2.43. The van der Waals surface area contributed by atoms with Gasteiger partial charge in [0.05, 0.1) is 0 Å². The second-order valence-electron chi connectivity index (χ2n) is 6.94. The highest BCUT2D eigenvalue weighted by Crippen LogP contribution is 2.12. The van der Waals surface area contributed by atoms with Crippen molar-refractivity contribution < 1.29 is 0 Å². The van der Waals surface area contributed by atoms with Gasteiger partial charge in [0.25, 0.3) is 0 Å². The predicted octanol–water partition coefficient (Wildman–Crippen LogP) is 2.67. The first-order valence-electron chi connectivity index (χ1n) is 8.74. The molecular weight excluding hydrogens is 246 g/mol. The number of rotatable bonds is 9. The molecule has 2 unspecified atom stereocenters. The molecule has 0 aromatic rings. The van der Waals surface area contributed by atoms with Gasteiger partial charge in [0.1, 0.15) is 0 Å². The van der Waals surface area contributed by atoms with Gasteiger partial charge in [-0.3, -0.25) is 4.90 Å². The molecule has 0 radical (unpaired) electrons. The van der Waals surface area contributed by atoms with E-state index < -0.39 is 0 Å². The number of nitrogens with zero attached hydrogens (tertiary/aromatic N) is 2. The third-order valence-corrected chi connectivity index (χ3v) is 4.53. The largest absolute Gasteiger partial charge is 0.312 e. The third kappa shape index (κ3) is 6.55. The van der Waals surface area contributed by atoms with Gasteiger partial charge in [-0.2, -0.15) is 0 Å². The molecule has 0 aromatic carbocycles. The lowest BCUT2D eigenvalue weighted by Crippen LogP contribution is -2.52. The lowest BCUT2D eigenvalue weighted by Gasteiger charge is -2.38. The van der Waals surface area contributed by atoms with E-state index in [-0.39, 0.29) is 0 Å². The molecule has 1 saturated heterocycles. The summed E-state index contributed by atoms with van der Waals surface area (Å²) < 4.78 is 0. The first-order valence-corrected chi connectivity index (χ1v) is 8.74. The van der Waals surface area contributed by atoms with E-state index in [9.17, 15) is 0 Å². The van der Waals surface area contributed by atoms with Crippen LogP contribution in [0.4, 0.5) is 0 Å². The molecule has 3 nitrogen and oxygen atoms in total. The van der Waals surface area contributed by atoms with Crippen molar-refractivity contribution in [2.24, 2.45) is 11.8 Å². The smallest absolute Gasteiger partial charge is 0.0220 e. The van der Waals surface area contributed by atoms with Crippen LogP contribution in [0.15, 0.2) is 0 Å². The normalized spacial score (nSPS) is 21.3. The van der Waals surface area contributed by atoms with Gasteiger partial charge in [0.15, 0.2) is 0 Å². The molecular formula is C17H37N3. The first-order chi connectivity index (χ1) is 9.56. The van der Waals surface area contributed by atoms with Crippen LogP contribution in [0.1, 0.15) is 47.5 Å². The standard InChI is InChI=1S/C17H37N3/c1-6-8-18-17(16(5)7-2)14-20-11-9-19(10-12-20)13-15(3)4/h15-18H,6-14H2,1-5H3. The molecule has 1 aliphatic rings. The van der Waals surface area contributed by atoms with E-state index >= 15 is 0 Å². The lowest BCUT2D eigenvalue weighted by molar-refractivity contribution is 0.106. The molecule has 2 atom stereocenters. The summed E-state index contributed by atoms with van der Waals surface area (Å²) in [6.07, 6.45) is 2.50. The quantitative estimate of drug-likeness (QED) is 0.702. The third-order valence-electron chi connectivity index (χ3n) is 4.53. The van der Waals surface area contributed by atoms with E-state index in [1.807, 2.05) is 0 Å². The Labute approximate surface area is 127 Å². The molecule has 0 aromatic heterocycles. The Hall–Kier alpha value is -0.120. The maximum Gasteiger partial charge on any atom is 0.0220 e. The first kappa shape index (κ1) is 17.9. The van der Waals surface area contributed by atoms with Crippen LogP contribution in [0.5, 0.6) is 0 Å². The molecule has 0 bridgehead atoms. The van der Waals surface area contributed by atoms with E-state index in [0.717, 1.165) is 18.4 Å². The van der Waals surface area contributed by atoms with Crippen molar-refractivity contribution in [3.8, 4) is 0 Å². The summed E-state index contributed by atoms with van der Waals surface area (Å²) in [6.45, 7) is 20.2. The highest BCUT2D eigenvalue weighted by atomic mass is 15.3. The molecule has 0 saturated carbocycles. The van der Waals surface area contributed by atoms with Crippen LogP contribution in [-0.4, -0.2) is 61.7 Å². The van der Waals surface area contributed by atoms with E-state index in [1.165, 1.54) is 52.1 Å². The summed E-state index contributed by atoms with van der Waals surface area (Å²) in [6, 6.07) is 0.664. The molecule has 1 rings (SSSR count). The average molecular weight is 284 g/mol. The van der Waals surface area contributed by atoms with Crippen molar-refractivity contribution in [2.45, 2.75) is 53.5 Å². The molecule has 1 N–H and O–H groups in total. The van der Waals surface area contributed by atoms with E-state index in [2.05, 4.69) is 49.7 Å². The Morgan fingerprint density at radius 2 is 1.45 bits per heavy atom. The minimum atomic E-state index is 0.664. The van der Waals surface area contributed by atoms with Gasteiger partial charge < -0.3 is 10.2 Å². The van der Waals surface area contributed by atoms with Gasteiger partial charge >= 0.3 is 0 Å². The summed E-state index contributed by atoms with van der Waals surface area (Å²) in [5.41, 5.74) is 0. The van der Waals surface area contributed by atoms with Crippen LogP contribution in [0, 0.1) is 11.8 Å². The molecule has 3 heteroatoms.